The third-order valence-corrected chi connectivity index (χ3v) is 8.01. The Kier molecular flexibility index (Phi) is 6.96. The first-order valence-electron chi connectivity index (χ1n) is 9.88. The predicted molar refractivity (Wildman–Crippen MR) is 123 cm³/mol. The van der Waals surface area contributed by atoms with E-state index in [1.165, 1.54) is 23.0 Å². The summed E-state index contributed by atoms with van der Waals surface area (Å²) in [7, 11) is -3.67. The molecule has 1 saturated heterocycles. The molecule has 11 heteroatoms. The molecule has 0 saturated carbocycles. The fourth-order valence-electron chi connectivity index (χ4n) is 3.30. The molecule has 0 atom stereocenters. The molecule has 0 bridgehead atoms. The topological polar surface area (TPSA) is 94.4 Å². The zero-order valence-corrected chi connectivity index (χ0v) is 19.7. The molecule has 32 heavy (non-hydrogen) atoms. The number of nitrogens with zero attached hydrogens (tertiary/aromatic N) is 4. The van der Waals surface area contributed by atoms with Crippen molar-refractivity contribution in [2.75, 3.05) is 32.1 Å². The van der Waals surface area contributed by atoms with Crippen molar-refractivity contribution in [2.24, 2.45) is 0 Å². The second-order valence-electron chi connectivity index (χ2n) is 7.16. The molecule has 1 aliphatic rings. The lowest BCUT2D eigenvalue weighted by Crippen LogP contribution is -2.40. The largest absolute Gasteiger partial charge is 0.379 e. The third kappa shape index (κ3) is 4.89. The lowest BCUT2D eigenvalue weighted by atomic mass is 10.2. The Labute approximate surface area is 195 Å². The molecule has 168 valence electrons. The predicted octanol–water partition coefficient (Wildman–Crippen LogP) is 3.29. The molecule has 1 aromatic heterocycles. The number of Topliss-reactive ketones (excluding diaryl/α,β-unsaturated/α-hetero) is 1. The Hall–Kier alpha value is -2.24. The average Bonchev–Trinajstić information content (AvgIpc) is 3.22. The van der Waals surface area contributed by atoms with Gasteiger partial charge < -0.3 is 4.74 Å². The van der Waals surface area contributed by atoms with E-state index in [-0.39, 0.29) is 16.4 Å². The van der Waals surface area contributed by atoms with Gasteiger partial charge in [0.25, 0.3) is 0 Å². The SMILES string of the molecule is CC(=O)CSc1nnc(-c2cccc(S(=O)(=O)N3CCOCC3)c2)n1-c1cccc(Cl)c1. The highest BCUT2D eigenvalue weighted by Crippen LogP contribution is 2.30. The maximum atomic E-state index is 13.1. The maximum absolute atomic E-state index is 13.1. The van der Waals surface area contributed by atoms with Gasteiger partial charge in [-0.25, -0.2) is 8.42 Å². The van der Waals surface area contributed by atoms with Gasteiger partial charge in [-0.1, -0.05) is 41.6 Å². The summed E-state index contributed by atoms with van der Waals surface area (Å²) in [5.74, 6) is 0.706. The van der Waals surface area contributed by atoms with Crippen LogP contribution in [0.15, 0.2) is 58.6 Å². The smallest absolute Gasteiger partial charge is 0.243 e. The van der Waals surface area contributed by atoms with E-state index in [1.807, 2.05) is 6.07 Å². The van der Waals surface area contributed by atoms with Gasteiger partial charge in [0.05, 0.1) is 29.5 Å². The molecule has 0 radical (unpaired) electrons. The van der Waals surface area contributed by atoms with Gasteiger partial charge in [0.15, 0.2) is 11.0 Å². The number of carbonyl (C=O) groups excluding carboxylic acids is 1. The van der Waals surface area contributed by atoms with Crippen molar-refractivity contribution in [3.63, 3.8) is 0 Å². The Bertz CT molecular complexity index is 1240. The number of ketones is 1. The molecular formula is C21H21ClN4O4S2. The van der Waals surface area contributed by atoms with Crippen molar-refractivity contribution in [3.05, 3.63) is 53.6 Å². The van der Waals surface area contributed by atoms with Crippen molar-refractivity contribution in [1.82, 2.24) is 19.1 Å². The van der Waals surface area contributed by atoms with Crippen LogP contribution < -0.4 is 0 Å². The molecule has 0 spiro atoms. The molecule has 0 unspecified atom stereocenters. The highest BCUT2D eigenvalue weighted by atomic mass is 35.5. The van der Waals surface area contributed by atoms with Crippen LogP contribution in [-0.4, -0.2) is 65.3 Å². The molecule has 4 rings (SSSR count). The monoisotopic (exact) mass is 492 g/mol. The summed E-state index contributed by atoms with van der Waals surface area (Å²) >= 11 is 7.46. The summed E-state index contributed by atoms with van der Waals surface area (Å²) in [6.45, 7) is 2.89. The maximum Gasteiger partial charge on any atom is 0.243 e. The Morgan fingerprint density at radius 1 is 1.12 bits per heavy atom. The second-order valence-corrected chi connectivity index (χ2v) is 10.5. The van der Waals surface area contributed by atoms with Crippen LogP contribution in [-0.2, 0) is 19.6 Å². The molecule has 8 nitrogen and oxygen atoms in total. The number of thioether (sulfide) groups is 1. The van der Waals surface area contributed by atoms with E-state index in [0.29, 0.717) is 53.6 Å². The van der Waals surface area contributed by atoms with Gasteiger partial charge in [-0.2, -0.15) is 4.31 Å². The number of rotatable bonds is 7. The normalized spacial score (nSPS) is 15.1. The minimum Gasteiger partial charge on any atom is -0.379 e. The molecule has 3 aromatic rings. The van der Waals surface area contributed by atoms with E-state index >= 15 is 0 Å². The minimum absolute atomic E-state index is 0.01000. The third-order valence-electron chi connectivity index (χ3n) is 4.80. The zero-order valence-electron chi connectivity index (χ0n) is 17.3. The zero-order chi connectivity index (χ0) is 22.7. The van der Waals surface area contributed by atoms with Gasteiger partial charge in [0, 0.05) is 23.7 Å². The highest BCUT2D eigenvalue weighted by Gasteiger charge is 2.27. The number of halogens is 1. The first-order chi connectivity index (χ1) is 15.4. The minimum atomic E-state index is -3.67. The number of ether oxygens (including phenoxy) is 1. The molecule has 2 heterocycles. The number of morpholine rings is 1. The highest BCUT2D eigenvalue weighted by molar-refractivity contribution is 7.99. The van der Waals surface area contributed by atoms with Crippen LogP contribution in [0.1, 0.15) is 6.92 Å². The number of hydrogen-bond donors (Lipinski definition) is 0. The molecule has 0 N–H and O–H groups in total. The molecule has 0 amide bonds. The van der Waals surface area contributed by atoms with Crippen molar-refractivity contribution in [3.8, 4) is 17.1 Å². The lowest BCUT2D eigenvalue weighted by Gasteiger charge is -2.26. The second kappa shape index (κ2) is 9.72. The van der Waals surface area contributed by atoms with Crippen LogP contribution in [0.5, 0.6) is 0 Å². The van der Waals surface area contributed by atoms with E-state index in [2.05, 4.69) is 10.2 Å². The summed E-state index contributed by atoms with van der Waals surface area (Å²) in [6.07, 6.45) is 0. The summed E-state index contributed by atoms with van der Waals surface area (Å²) in [4.78, 5) is 11.7. The van der Waals surface area contributed by atoms with Crippen LogP contribution in [0.2, 0.25) is 5.02 Å². The summed E-state index contributed by atoms with van der Waals surface area (Å²) < 4.78 is 34.7. The van der Waals surface area contributed by atoms with Gasteiger partial charge in [-0.05, 0) is 37.3 Å². The number of aromatic nitrogens is 3. The van der Waals surface area contributed by atoms with Crippen LogP contribution in [0, 0.1) is 0 Å². The Morgan fingerprint density at radius 3 is 2.59 bits per heavy atom. The van der Waals surface area contributed by atoms with Crippen molar-refractivity contribution in [2.45, 2.75) is 17.0 Å². The number of sulfonamides is 1. The van der Waals surface area contributed by atoms with Crippen LogP contribution in [0.25, 0.3) is 17.1 Å². The van der Waals surface area contributed by atoms with Crippen molar-refractivity contribution in [1.29, 1.82) is 0 Å². The van der Waals surface area contributed by atoms with Crippen LogP contribution in [0.3, 0.4) is 0 Å². The first kappa shape index (κ1) is 22.9. The standard InChI is InChI=1S/C21H21ClN4O4S2/c1-15(27)14-31-21-24-23-20(26(21)18-6-3-5-17(22)13-18)16-4-2-7-19(12-16)32(28,29)25-8-10-30-11-9-25/h2-7,12-13H,8-11,14H2,1H3. The Morgan fingerprint density at radius 2 is 1.88 bits per heavy atom. The molecule has 2 aromatic carbocycles. The van der Waals surface area contributed by atoms with Gasteiger partial charge in [-0.15, -0.1) is 10.2 Å². The van der Waals surface area contributed by atoms with Gasteiger partial charge >= 0.3 is 0 Å². The fraction of sp³-hybridized carbons (Fsp3) is 0.286. The summed E-state index contributed by atoms with van der Waals surface area (Å²) in [5.41, 5.74) is 1.30. The molecular weight excluding hydrogens is 472 g/mol. The van der Waals surface area contributed by atoms with Crippen molar-refractivity contribution >= 4 is 39.2 Å². The van der Waals surface area contributed by atoms with Gasteiger partial charge in [-0.3, -0.25) is 9.36 Å². The number of benzene rings is 2. The van der Waals surface area contributed by atoms with Gasteiger partial charge in [0.2, 0.25) is 10.0 Å². The van der Waals surface area contributed by atoms with Crippen LogP contribution in [0.4, 0.5) is 0 Å². The Balaban J connectivity index is 1.78. The molecule has 1 fully saturated rings. The van der Waals surface area contributed by atoms with E-state index in [1.54, 1.807) is 47.0 Å². The van der Waals surface area contributed by atoms with E-state index in [4.69, 9.17) is 16.3 Å². The fourth-order valence-corrected chi connectivity index (χ4v) is 5.69. The summed E-state index contributed by atoms with van der Waals surface area (Å²) in [6, 6.07) is 13.8. The summed E-state index contributed by atoms with van der Waals surface area (Å²) in [5, 5.41) is 9.62. The van der Waals surface area contributed by atoms with E-state index in [0.717, 1.165) is 0 Å². The number of carbonyl (C=O) groups is 1. The van der Waals surface area contributed by atoms with E-state index < -0.39 is 10.0 Å². The van der Waals surface area contributed by atoms with Crippen LogP contribution >= 0.6 is 23.4 Å². The quantitative estimate of drug-likeness (QED) is 0.467. The van der Waals surface area contributed by atoms with Crippen molar-refractivity contribution < 1.29 is 17.9 Å². The molecule has 0 aliphatic carbocycles. The lowest BCUT2D eigenvalue weighted by molar-refractivity contribution is -0.114. The molecule has 1 aliphatic heterocycles. The first-order valence-corrected chi connectivity index (χ1v) is 12.7. The van der Waals surface area contributed by atoms with Gasteiger partial charge in [0.1, 0.15) is 5.78 Å². The number of hydrogen-bond acceptors (Lipinski definition) is 7. The average molecular weight is 493 g/mol. The van der Waals surface area contributed by atoms with E-state index in [9.17, 15) is 13.2 Å².